The molecule has 2 saturated heterocycles. The van der Waals surface area contributed by atoms with Crippen molar-refractivity contribution in [3.8, 4) is 0 Å². The molecule has 0 unspecified atom stereocenters. The van der Waals surface area contributed by atoms with Crippen LogP contribution in [0.4, 0.5) is 0 Å². The summed E-state index contributed by atoms with van der Waals surface area (Å²) in [5.74, 6) is 0. The van der Waals surface area contributed by atoms with E-state index >= 15 is 0 Å². The van der Waals surface area contributed by atoms with Gasteiger partial charge in [-0.05, 0) is 52.7 Å². The van der Waals surface area contributed by atoms with E-state index in [0.717, 1.165) is 12.1 Å². The topological polar surface area (TPSA) is 6.48 Å². The zero-order valence-electron chi connectivity index (χ0n) is 9.00. The molecule has 2 heteroatoms. The monoisotopic (exact) mass is 182 g/mol. The Hall–Kier alpha value is -0.0800. The Balaban J connectivity index is 1.82. The summed E-state index contributed by atoms with van der Waals surface area (Å²) < 4.78 is 0. The van der Waals surface area contributed by atoms with Gasteiger partial charge in [0.15, 0.2) is 0 Å². The van der Waals surface area contributed by atoms with Crippen molar-refractivity contribution in [1.29, 1.82) is 0 Å². The van der Waals surface area contributed by atoms with Gasteiger partial charge in [0.05, 0.1) is 0 Å². The molecule has 13 heavy (non-hydrogen) atoms. The van der Waals surface area contributed by atoms with Crippen LogP contribution < -0.4 is 0 Å². The highest BCUT2D eigenvalue weighted by Gasteiger charge is 2.27. The second-order valence-corrected chi connectivity index (χ2v) is 4.76. The molecular formula is C11H22N2. The lowest BCUT2D eigenvalue weighted by Crippen LogP contribution is -2.39. The molecule has 2 fully saturated rings. The summed E-state index contributed by atoms with van der Waals surface area (Å²) in [5, 5.41) is 0. The highest BCUT2D eigenvalue weighted by Crippen LogP contribution is 2.21. The molecule has 0 aromatic heterocycles. The second-order valence-electron chi connectivity index (χ2n) is 4.76. The van der Waals surface area contributed by atoms with E-state index in [1.165, 1.54) is 45.3 Å². The number of hydrogen-bond donors (Lipinski definition) is 0. The van der Waals surface area contributed by atoms with Crippen molar-refractivity contribution in [2.75, 3.05) is 26.7 Å². The van der Waals surface area contributed by atoms with Crippen LogP contribution >= 0.6 is 0 Å². The van der Waals surface area contributed by atoms with Crippen LogP contribution in [0.5, 0.6) is 0 Å². The van der Waals surface area contributed by atoms with Gasteiger partial charge in [-0.2, -0.15) is 0 Å². The normalized spacial score (nSPS) is 37.4. The molecule has 0 amide bonds. The quantitative estimate of drug-likeness (QED) is 0.639. The van der Waals surface area contributed by atoms with Crippen molar-refractivity contribution in [2.24, 2.45) is 0 Å². The average Bonchev–Trinajstić information content (AvgIpc) is 2.65. The van der Waals surface area contributed by atoms with Crippen LogP contribution in [-0.4, -0.2) is 48.6 Å². The fraction of sp³-hybridized carbons (Fsp3) is 1.00. The highest BCUT2D eigenvalue weighted by atomic mass is 15.2. The predicted molar refractivity (Wildman–Crippen MR) is 55.9 cm³/mol. The van der Waals surface area contributed by atoms with Crippen LogP contribution in [0.2, 0.25) is 0 Å². The first-order valence-corrected chi connectivity index (χ1v) is 5.71. The number of likely N-dealkylation sites (tertiary alicyclic amines) is 2. The zero-order chi connectivity index (χ0) is 9.26. The average molecular weight is 182 g/mol. The predicted octanol–water partition coefficient (Wildman–Crippen LogP) is 1.56. The minimum atomic E-state index is 0.842. The Bertz CT molecular complexity index is 151. The Morgan fingerprint density at radius 3 is 2.46 bits per heavy atom. The van der Waals surface area contributed by atoms with Gasteiger partial charge in [0, 0.05) is 18.6 Å². The molecule has 0 N–H and O–H groups in total. The molecule has 2 atom stereocenters. The Morgan fingerprint density at radius 2 is 1.92 bits per heavy atom. The number of hydrogen-bond acceptors (Lipinski definition) is 2. The standard InChI is InChI=1S/C11H22N2/c1-10-5-3-8-13(10)9-11-6-4-7-12(11)2/h10-11H,3-9H2,1-2H3/t10-,11+/m1/s1. The van der Waals surface area contributed by atoms with E-state index < -0.39 is 0 Å². The Kier molecular flexibility index (Phi) is 2.89. The molecule has 0 saturated carbocycles. The maximum atomic E-state index is 2.67. The van der Waals surface area contributed by atoms with Gasteiger partial charge < -0.3 is 4.90 Å². The number of rotatable bonds is 2. The Labute approximate surface area is 81.9 Å². The van der Waals surface area contributed by atoms with E-state index in [2.05, 4.69) is 23.8 Å². The maximum Gasteiger partial charge on any atom is 0.0220 e. The van der Waals surface area contributed by atoms with Gasteiger partial charge in [-0.3, -0.25) is 4.90 Å². The van der Waals surface area contributed by atoms with E-state index in [1.807, 2.05) is 0 Å². The first-order valence-electron chi connectivity index (χ1n) is 5.71. The van der Waals surface area contributed by atoms with Crippen molar-refractivity contribution in [3.63, 3.8) is 0 Å². The highest BCUT2D eigenvalue weighted by molar-refractivity contribution is 4.84. The first-order chi connectivity index (χ1) is 6.27. The largest absolute Gasteiger partial charge is 0.302 e. The molecule has 2 nitrogen and oxygen atoms in total. The van der Waals surface area contributed by atoms with Crippen molar-refractivity contribution in [2.45, 2.75) is 44.7 Å². The fourth-order valence-electron chi connectivity index (χ4n) is 2.74. The summed E-state index contributed by atoms with van der Waals surface area (Å²) in [6.45, 7) is 6.35. The van der Waals surface area contributed by atoms with E-state index in [0.29, 0.717) is 0 Å². The molecule has 2 aliphatic heterocycles. The lowest BCUT2D eigenvalue weighted by Gasteiger charge is -2.28. The third-order valence-electron chi connectivity index (χ3n) is 3.81. The van der Waals surface area contributed by atoms with Crippen molar-refractivity contribution < 1.29 is 0 Å². The smallest absolute Gasteiger partial charge is 0.0220 e. The maximum absolute atomic E-state index is 2.67. The third kappa shape index (κ3) is 2.05. The molecule has 0 aromatic rings. The lowest BCUT2D eigenvalue weighted by atomic mass is 10.2. The van der Waals surface area contributed by atoms with E-state index in [4.69, 9.17) is 0 Å². The van der Waals surface area contributed by atoms with Crippen molar-refractivity contribution >= 4 is 0 Å². The summed E-state index contributed by atoms with van der Waals surface area (Å²) in [7, 11) is 2.28. The van der Waals surface area contributed by atoms with E-state index in [1.54, 1.807) is 0 Å². The number of likely N-dealkylation sites (N-methyl/N-ethyl adjacent to an activating group) is 1. The molecule has 2 rings (SSSR count). The molecule has 2 heterocycles. The van der Waals surface area contributed by atoms with Gasteiger partial charge in [0.1, 0.15) is 0 Å². The molecule has 0 bridgehead atoms. The molecule has 76 valence electrons. The Morgan fingerprint density at radius 1 is 1.15 bits per heavy atom. The van der Waals surface area contributed by atoms with Crippen LogP contribution in [0.3, 0.4) is 0 Å². The molecule has 0 aliphatic carbocycles. The summed E-state index contributed by atoms with van der Waals surface area (Å²) in [4.78, 5) is 5.21. The number of nitrogens with zero attached hydrogens (tertiary/aromatic N) is 2. The molecule has 0 aromatic carbocycles. The zero-order valence-corrected chi connectivity index (χ0v) is 9.00. The summed E-state index contributed by atoms with van der Waals surface area (Å²) in [6.07, 6.45) is 5.65. The molecule has 2 aliphatic rings. The molecular weight excluding hydrogens is 160 g/mol. The van der Waals surface area contributed by atoms with Gasteiger partial charge in [-0.15, -0.1) is 0 Å². The summed E-state index contributed by atoms with van der Waals surface area (Å²) in [5.41, 5.74) is 0. The molecule has 0 radical (unpaired) electrons. The summed E-state index contributed by atoms with van der Waals surface area (Å²) in [6, 6.07) is 1.69. The van der Waals surface area contributed by atoms with Gasteiger partial charge in [0.25, 0.3) is 0 Å². The SMILES string of the molecule is C[C@@H]1CCCN1C[C@@H]1CCCN1C. The van der Waals surface area contributed by atoms with Gasteiger partial charge in [0.2, 0.25) is 0 Å². The van der Waals surface area contributed by atoms with Crippen molar-refractivity contribution in [3.05, 3.63) is 0 Å². The summed E-state index contributed by atoms with van der Waals surface area (Å²) >= 11 is 0. The second kappa shape index (κ2) is 3.97. The van der Waals surface area contributed by atoms with Crippen molar-refractivity contribution in [1.82, 2.24) is 9.80 Å². The fourth-order valence-corrected chi connectivity index (χ4v) is 2.74. The van der Waals surface area contributed by atoms with Gasteiger partial charge in [-0.25, -0.2) is 0 Å². The first kappa shape index (κ1) is 9.47. The third-order valence-corrected chi connectivity index (χ3v) is 3.81. The van der Waals surface area contributed by atoms with Crippen LogP contribution in [-0.2, 0) is 0 Å². The van der Waals surface area contributed by atoms with E-state index in [9.17, 15) is 0 Å². The van der Waals surface area contributed by atoms with Gasteiger partial charge >= 0.3 is 0 Å². The van der Waals surface area contributed by atoms with E-state index in [-0.39, 0.29) is 0 Å². The van der Waals surface area contributed by atoms with Crippen LogP contribution in [0.15, 0.2) is 0 Å². The lowest BCUT2D eigenvalue weighted by molar-refractivity contribution is 0.188. The van der Waals surface area contributed by atoms with Crippen LogP contribution in [0.25, 0.3) is 0 Å². The van der Waals surface area contributed by atoms with Crippen LogP contribution in [0.1, 0.15) is 32.6 Å². The minimum absolute atomic E-state index is 0.842. The van der Waals surface area contributed by atoms with Gasteiger partial charge in [-0.1, -0.05) is 0 Å². The van der Waals surface area contributed by atoms with Crippen LogP contribution in [0, 0.1) is 0 Å². The molecule has 0 spiro atoms. The minimum Gasteiger partial charge on any atom is -0.302 e.